The van der Waals surface area contributed by atoms with Gasteiger partial charge in [0.15, 0.2) is 5.96 Å². The van der Waals surface area contributed by atoms with Gasteiger partial charge in [-0.05, 0) is 58.2 Å². The van der Waals surface area contributed by atoms with Crippen LogP contribution < -0.4 is 10.6 Å². The third-order valence-electron chi connectivity index (χ3n) is 4.00. The second-order valence-electron chi connectivity index (χ2n) is 6.17. The summed E-state index contributed by atoms with van der Waals surface area (Å²) in [6.45, 7) is 14.9. The summed E-state index contributed by atoms with van der Waals surface area (Å²) in [4.78, 5) is 10.5. The predicted octanol–water partition coefficient (Wildman–Crippen LogP) is 4.56. The number of aliphatic imine (C=N–C) groups is 1. The molecule has 1 aromatic heterocycles. The molecule has 0 atom stereocenters. The van der Waals surface area contributed by atoms with Gasteiger partial charge < -0.3 is 10.6 Å². The number of halogens is 1. The van der Waals surface area contributed by atoms with E-state index in [0.29, 0.717) is 6.54 Å². The van der Waals surface area contributed by atoms with Gasteiger partial charge in [0, 0.05) is 11.4 Å². The van der Waals surface area contributed by atoms with Gasteiger partial charge in [0.25, 0.3) is 0 Å². The first-order valence-electron chi connectivity index (χ1n) is 8.42. The Hall–Kier alpha value is -1.15. The quantitative estimate of drug-likeness (QED) is 0.381. The van der Waals surface area contributed by atoms with E-state index in [-0.39, 0.29) is 24.0 Å². The highest BCUT2D eigenvalue weighted by molar-refractivity contribution is 14.0. The summed E-state index contributed by atoms with van der Waals surface area (Å²) in [6, 6.07) is 4.45. The number of aromatic nitrogens is 1. The molecule has 6 heteroatoms. The number of guanidine groups is 1. The van der Waals surface area contributed by atoms with Crippen molar-refractivity contribution in [3.8, 4) is 0 Å². The van der Waals surface area contributed by atoms with Crippen LogP contribution in [0.4, 0.5) is 0 Å². The van der Waals surface area contributed by atoms with E-state index >= 15 is 0 Å². The SMILES string of the molecule is CCNC(=NCc1c(C)cc(C)cc1C)NCc1sc(C)nc1C.I. The van der Waals surface area contributed by atoms with E-state index in [1.54, 1.807) is 11.3 Å². The number of nitrogens with zero attached hydrogens (tertiary/aromatic N) is 2. The summed E-state index contributed by atoms with van der Waals surface area (Å²) < 4.78 is 0. The number of rotatable bonds is 5. The molecule has 0 fully saturated rings. The van der Waals surface area contributed by atoms with E-state index in [0.717, 1.165) is 29.8 Å². The Morgan fingerprint density at radius 2 is 1.72 bits per heavy atom. The summed E-state index contributed by atoms with van der Waals surface area (Å²) in [5, 5.41) is 7.85. The second-order valence-corrected chi connectivity index (χ2v) is 7.46. The van der Waals surface area contributed by atoms with E-state index in [1.807, 2.05) is 6.92 Å². The van der Waals surface area contributed by atoms with Crippen LogP contribution in [-0.4, -0.2) is 17.5 Å². The Labute approximate surface area is 172 Å². The van der Waals surface area contributed by atoms with Crippen LogP contribution in [0, 0.1) is 34.6 Å². The lowest BCUT2D eigenvalue weighted by Crippen LogP contribution is -2.36. The summed E-state index contributed by atoms with van der Waals surface area (Å²) in [6.07, 6.45) is 0. The molecule has 0 saturated carbocycles. The molecule has 2 aromatic rings. The van der Waals surface area contributed by atoms with Crippen LogP contribution in [0.3, 0.4) is 0 Å². The minimum atomic E-state index is 0. The van der Waals surface area contributed by atoms with Crippen molar-refractivity contribution in [2.75, 3.05) is 6.54 Å². The molecule has 25 heavy (non-hydrogen) atoms. The van der Waals surface area contributed by atoms with E-state index in [1.165, 1.54) is 27.1 Å². The maximum Gasteiger partial charge on any atom is 0.191 e. The summed E-state index contributed by atoms with van der Waals surface area (Å²) in [5.74, 6) is 0.849. The Kier molecular flexibility index (Phi) is 8.85. The molecular weight excluding hydrogens is 443 g/mol. The summed E-state index contributed by atoms with van der Waals surface area (Å²) >= 11 is 1.74. The molecular formula is C19H29IN4S. The molecule has 1 aromatic carbocycles. The Balaban J connectivity index is 0.00000312. The fraction of sp³-hybridized carbons (Fsp3) is 0.474. The third-order valence-corrected chi connectivity index (χ3v) is 5.07. The molecule has 0 unspecified atom stereocenters. The van der Waals surface area contributed by atoms with Gasteiger partial charge in [0.1, 0.15) is 0 Å². The first kappa shape index (κ1) is 21.9. The zero-order valence-electron chi connectivity index (χ0n) is 16.0. The maximum atomic E-state index is 4.77. The first-order chi connectivity index (χ1) is 11.4. The fourth-order valence-electron chi connectivity index (χ4n) is 2.86. The van der Waals surface area contributed by atoms with Crippen molar-refractivity contribution in [3.05, 3.63) is 50.0 Å². The lowest BCUT2D eigenvalue weighted by atomic mass is 10.00. The summed E-state index contributed by atoms with van der Waals surface area (Å²) in [5.41, 5.74) is 6.33. The van der Waals surface area contributed by atoms with Gasteiger partial charge in [-0.3, -0.25) is 0 Å². The minimum absolute atomic E-state index is 0. The number of benzene rings is 1. The van der Waals surface area contributed by atoms with Crippen LogP contribution >= 0.6 is 35.3 Å². The standard InChI is InChI=1S/C19H28N4S.HI/c1-7-20-19(22-11-18-15(5)23-16(6)24-18)21-10-17-13(3)8-12(2)9-14(17)4;/h8-9H,7,10-11H2,1-6H3,(H2,20,21,22);1H. The van der Waals surface area contributed by atoms with Gasteiger partial charge in [-0.25, -0.2) is 9.98 Å². The van der Waals surface area contributed by atoms with Crippen molar-refractivity contribution in [1.82, 2.24) is 15.6 Å². The van der Waals surface area contributed by atoms with Crippen LogP contribution in [0.2, 0.25) is 0 Å². The van der Waals surface area contributed by atoms with E-state index in [4.69, 9.17) is 4.99 Å². The van der Waals surface area contributed by atoms with Crippen LogP contribution in [-0.2, 0) is 13.1 Å². The fourth-order valence-corrected chi connectivity index (χ4v) is 3.74. The molecule has 0 aliphatic rings. The highest BCUT2D eigenvalue weighted by atomic mass is 127. The van der Waals surface area contributed by atoms with E-state index in [2.05, 4.69) is 62.4 Å². The topological polar surface area (TPSA) is 49.3 Å². The van der Waals surface area contributed by atoms with Crippen LogP contribution in [0.25, 0.3) is 0 Å². The van der Waals surface area contributed by atoms with Crippen LogP contribution in [0.15, 0.2) is 17.1 Å². The van der Waals surface area contributed by atoms with Crippen LogP contribution in [0.1, 0.15) is 44.8 Å². The molecule has 0 aliphatic heterocycles. The normalized spacial score (nSPS) is 11.2. The zero-order chi connectivity index (χ0) is 17.7. The lowest BCUT2D eigenvalue weighted by molar-refractivity contribution is 0.817. The second kappa shape index (κ2) is 10.1. The van der Waals surface area contributed by atoms with Crippen molar-refractivity contribution in [2.45, 2.75) is 54.6 Å². The predicted molar refractivity (Wildman–Crippen MR) is 119 cm³/mol. The number of hydrogen-bond donors (Lipinski definition) is 2. The lowest BCUT2D eigenvalue weighted by Gasteiger charge is -2.13. The van der Waals surface area contributed by atoms with Gasteiger partial charge in [-0.1, -0.05) is 17.7 Å². The van der Waals surface area contributed by atoms with Gasteiger partial charge in [0.2, 0.25) is 0 Å². The highest BCUT2D eigenvalue weighted by Crippen LogP contribution is 2.18. The maximum absolute atomic E-state index is 4.77. The molecule has 1 heterocycles. The van der Waals surface area contributed by atoms with Gasteiger partial charge in [0.05, 0.1) is 23.8 Å². The average molecular weight is 472 g/mol. The van der Waals surface area contributed by atoms with Crippen molar-refractivity contribution in [3.63, 3.8) is 0 Å². The average Bonchev–Trinajstić information content (AvgIpc) is 2.81. The molecule has 2 N–H and O–H groups in total. The number of aryl methyl sites for hydroxylation is 5. The monoisotopic (exact) mass is 472 g/mol. The van der Waals surface area contributed by atoms with Crippen molar-refractivity contribution in [2.24, 2.45) is 4.99 Å². The number of hydrogen-bond acceptors (Lipinski definition) is 3. The Morgan fingerprint density at radius 3 is 2.24 bits per heavy atom. The molecule has 4 nitrogen and oxygen atoms in total. The van der Waals surface area contributed by atoms with Gasteiger partial charge in [-0.15, -0.1) is 35.3 Å². The largest absolute Gasteiger partial charge is 0.357 e. The van der Waals surface area contributed by atoms with Crippen molar-refractivity contribution >= 4 is 41.3 Å². The molecule has 0 bridgehead atoms. The highest BCUT2D eigenvalue weighted by Gasteiger charge is 2.07. The first-order valence-corrected chi connectivity index (χ1v) is 9.24. The van der Waals surface area contributed by atoms with Crippen LogP contribution in [0.5, 0.6) is 0 Å². The molecule has 0 saturated heterocycles. The van der Waals surface area contributed by atoms with Crippen molar-refractivity contribution < 1.29 is 0 Å². The number of nitrogens with one attached hydrogen (secondary N) is 2. The third kappa shape index (κ3) is 6.26. The zero-order valence-corrected chi connectivity index (χ0v) is 19.1. The van der Waals surface area contributed by atoms with Gasteiger partial charge >= 0.3 is 0 Å². The van der Waals surface area contributed by atoms with Crippen molar-refractivity contribution in [1.29, 1.82) is 0 Å². The van der Waals surface area contributed by atoms with E-state index < -0.39 is 0 Å². The Morgan fingerprint density at radius 1 is 1.08 bits per heavy atom. The molecule has 0 aliphatic carbocycles. The van der Waals surface area contributed by atoms with Gasteiger partial charge in [-0.2, -0.15) is 0 Å². The minimum Gasteiger partial charge on any atom is -0.357 e. The Bertz CT molecular complexity index is 714. The van der Waals surface area contributed by atoms with E-state index in [9.17, 15) is 0 Å². The number of thiazole rings is 1. The smallest absolute Gasteiger partial charge is 0.191 e. The molecule has 138 valence electrons. The summed E-state index contributed by atoms with van der Waals surface area (Å²) in [7, 11) is 0. The molecule has 0 spiro atoms. The molecule has 0 amide bonds. The molecule has 2 rings (SSSR count). The molecule has 0 radical (unpaired) electrons.